The van der Waals surface area contributed by atoms with Crippen LogP contribution in [-0.2, 0) is 71.7 Å². The molecule has 2 N–H and O–H groups in total. The third-order valence-electron chi connectivity index (χ3n) is 10.1. The molecule has 17 heteroatoms. The van der Waals surface area contributed by atoms with Gasteiger partial charge in [-0.3, -0.25) is 33.7 Å². The van der Waals surface area contributed by atoms with Crippen molar-refractivity contribution in [3.05, 3.63) is 65.4 Å². The van der Waals surface area contributed by atoms with Crippen molar-refractivity contribution < 1.29 is 66.7 Å². The molecule has 2 saturated heterocycles. The second-order valence-corrected chi connectivity index (χ2v) is 15.4. The minimum atomic E-state index is -1.40. The second-order valence-electron chi connectivity index (χ2n) is 15.4. The van der Waals surface area contributed by atoms with Gasteiger partial charge in [0.1, 0.15) is 35.3 Å². The highest BCUT2D eigenvalue weighted by Crippen LogP contribution is 2.35. The first-order chi connectivity index (χ1) is 28.5. The van der Waals surface area contributed by atoms with Crippen molar-refractivity contribution in [2.75, 3.05) is 45.9 Å². The topological polar surface area (TPSA) is 210 Å². The first-order valence-electron chi connectivity index (χ1n) is 20.0. The lowest BCUT2D eigenvalue weighted by Crippen LogP contribution is -2.63. The van der Waals surface area contributed by atoms with Gasteiger partial charge in [-0.1, -0.05) is 30.3 Å². The van der Waals surface area contributed by atoms with Crippen LogP contribution in [0.2, 0.25) is 0 Å². The highest BCUT2D eigenvalue weighted by Gasteiger charge is 2.53. The quantitative estimate of drug-likeness (QED) is 0.148. The molecule has 0 bridgehead atoms. The van der Waals surface area contributed by atoms with Crippen molar-refractivity contribution >= 4 is 46.7 Å². The van der Waals surface area contributed by atoms with E-state index in [-0.39, 0.29) is 31.4 Å². The molecular formula is C43H55N3O14. The van der Waals surface area contributed by atoms with E-state index in [4.69, 9.17) is 32.8 Å². The van der Waals surface area contributed by atoms with Gasteiger partial charge >= 0.3 is 23.9 Å². The monoisotopic (exact) mass is 837 g/mol. The molecule has 5 rings (SSSR count). The summed E-state index contributed by atoms with van der Waals surface area (Å²) in [6, 6.07) is 14.9. The zero-order chi connectivity index (χ0) is 43.6. The highest BCUT2D eigenvalue weighted by atomic mass is 16.7. The summed E-state index contributed by atoms with van der Waals surface area (Å²) in [7, 11) is 0. The molecule has 17 nitrogen and oxygen atoms in total. The van der Waals surface area contributed by atoms with Crippen molar-refractivity contribution in [2.24, 2.45) is 0 Å². The van der Waals surface area contributed by atoms with Gasteiger partial charge < -0.3 is 48.2 Å². The van der Waals surface area contributed by atoms with E-state index >= 15 is 0 Å². The molecule has 2 fully saturated rings. The van der Waals surface area contributed by atoms with Gasteiger partial charge in [0.05, 0.1) is 12.0 Å². The number of furan rings is 1. The number of nitrogens with zero attached hydrogens (tertiary/aromatic N) is 2. The molecule has 3 heterocycles. The summed E-state index contributed by atoms with van der Waals surface area (Å²) < 4.78 is 40.3. The first kappa shape index (κ1) is 45.6. The number of hydrogen-bond donors (Lipinski definition) is 2. The lowest BCUT2D eigenvalue weighted by Gasteiger charge is -2.43. The minimum Gasteiger partial charge on any atom is -0.463 e. The number of aliphatic hydroxyl groups is 1. The lowest BCUT2D eigenvalue weighted by atomic mass is 9.98. The van der Waals surface area contributed by atoms with E-state index in [0.717, 1.165) is 31.9 Å². The number of carbonyl (C=O) groups is 6. The van der Waals surface area contributed by atoms with E-state index < -0.39 is 60.1 Å². The van der Waals surface area contributed by atoms with Crippen molar-refractivity contribution in [1.29, 1.82) is 0 Å². The van der Waals surface area contributed by atoms with Gasteiger partial charge in [0.25, 0.3) is 0 Å². The molecule has 2 aromatic carbocycles. The molecular weight excluding hydrogens is 782 g/mol. The molecule has 0 saturated carbocycles. The zero-order valence-corrected chi connectivity index (χ0v) is 34.9. The van der Waals surface area contributed by atoms with Crippen LogP contribution in [0.3, 0.4) is 0 Å². The van der Waals surface area contributed by atoms with Crippen LogP contribution < -0.4 is 10.1 Å². The predicted molar refractivity (Wildman–Crippen MR) is 213 cm³/mol. The number of amides is 2. The number of benzene rings is 2. The Morgan fingerprint density at radius 2 is 1.40 bits per heavy atom. The summed E-state index contributed by atoms with van der Waals surface area (Å²) in [6.07, 6.45) is -4.76. The van der Waals surface area contributed by atoms with Crippen molar-refractivity contribution in [1.82, 2.24) is 15.1 Å². The number of fused-ring (bicyclic) bond motifs is 1. The Morgan fingerprint density at radius 3 is 2.02 bits per heavy atom. The Hall–Kier alpha value is -5.52. The van der Waals surface area contributed by atoms with E-state index in [1.54, 1.807) is 36.9 Å². The van der Waals surface area contributed by atoms with Crippen molar-refractivity contribution in [2.45, 2.75) is 103 Å². The summed E-state index contributed by atoms with van der Waals surface area (Å²) in [5.74, 6) is -2.25. The molecule has 2 amide bonds. The Morgan fingerprint density at radius 1 is 0.783 bits per heavy atom. The van der Waals surface area contributed by atoms with Gasteiger partial charge in [-0.15, -0.1) is 0 Å². The molecule has 0 aliphatic carbocycles. The van der Waals surface area contributed by atoms with Crippen LogP contribution in [0, 0.1) is 0 Å². The fraction of sp³-hybridized carbons (Fsp3) is 0.535. The number of hydrogen-bond acceptors (Lipinski definition) is 15. The van der Waals surface area contributed by atoms with E-state index in [2.05, 4.69) is 10.2 Å². The molecule has 0 radical (unpaired) electrons. The van der Waals surface area contributed by atoms with E-state index in [0.29, 0.717) is 74.5 Å². The molecule has 3 aromatic rings. The Kier molecular flexibility index (Phi) is 15.7. The van der Waals surface area contributed by atoms with Crippen LogP contribution >= 0.6 is 0 Å². The summed E-state index contributed by atoms with van der Waals surface area (Å²) in [5.41, 5.74) is 1.49. The summed E-state index contributed by atoms with van der Waals surface area (Å²) in [6.45, 7) is 10.8. The number of piperazine rings is 1. The average Bonchev–Trinajstić information content (AvgIpc) is 3.62. The lowest BCUT2D eigenvalue weighted by molar-refractivity contribution is -0.288. The Labute approximate surface area is 348 Å². The molecule has 0 unspecified atom stereocenters. The fourth-order valence-electron chi connectivity index (χ4n) is 7.30. The van der Waals surface area contributed by atoms with Crippen molar-refractivity contribution in [3.8, 4) is 5.75 Å². The molecule has 326 valence electrons. The number of esters is 4. The standard InChI is InChI=1S/C43H55N3O14/c1-26(48)54-25-36-38(55-27(2)49)39(56-28(3)50)40(57-29(4)51)41(60-36)59-35-9-7-8-34-33(35)24-32(58-34)16-14-30-10-12-31(13-11-30)15-17-37(52)44-43(5,6)42(53)46-20-18-45(19-21-46)22-23-47/h7-13,24,36,38-41,47H,14-23,25H2,1-6H3,(H,44,52)/t36-,38-,39+,40-,41-/m1/s1. The van der Waals surface area contributed by atoms with Crippen LogP contribution in [-0.4, -0.2) is 133 Å². The van der Waals surface area contributed by atoms with Crippen LogP contribution in [0.25, 0.3) is 11.0 Å². The maximum atomic E-state index is 13.2. The van der Waals surface area contributed by atoms with Gasteiger partial charge in [0, 0.05) is 73.3 Å². The smallest absolute Gasteiger partial charge is 0.303 e. The summed E-state index contributed by atoms with van der Waals surface area (Å²) in [5, 5.41) is 12.7. The molecule has 60 heavy (non-hydrogen) atoms. The van der Waals surface area contributed by atoms with Gasteiger partial charge in [0.15, 0.2) is 12.2 Å². The van der Waals surface area contributed by atoms with Crippen molar-refractivity contribution in [3.63, 3.8) is 0 Å². The summed E-state index contributed by atoms with van der Waals surface area (Å²) in [4.78, 5) is 78.3. The zero-order valence-electron chi connectivity index (χ0n) is 34.9. The third-order valence-corrected chi connectivity index (χ3v) is 10.1. The van der Waals surface area contributed by atoms with Crippen LogP contribution in [0.4, 0.5) is 0 Å². The van der Waals surface area contributed by atoms with E-state index in [1.165, 1.54) is 6.92 Å². The van der Waals surface area contributed by atoms with Gasteiger partial charge in [0.2, 0.25) is 24.2 Å². The van der Waals surface area contributed by atoms with Gasteiger partial charge in [-0.2, -0.15) is 0 Å². The Bertz CT molecular complexity index is 1990. The maximum Gasteiger partial charge on any atom is 0.303 e. The number of carbonyl (C=O) groups excluding carboxylic acids is 6. The number of aliphatic hydroxyl groups excluding tert-OH is 1. The normalized spacial score (nSPS) is 20.9. The number of β-amino-alcohol motifs (C(OH)–C–C–N with tert-alkyl or cyclic N) is 1. The van der Waals surface area contributed by atoms with E-state index in [1.807, 2.05) is 30.3 Å². The highest BCUT2D eigenvalue weighted by molar-refractivity contribution is 5.91. The number of rotatable bonds is 17. The minimum absolute atomic E-state index is 0.0809. The molecule has 2 aliphatic rings. The van der Waals surface area contributed by atoms with Crippen LogP contribution in [0.1, 0.15) is 64.9 Å². The van der Waals surface area contributed by atoms with E-state index in [9.17, 15) is 33.9 Å². The SMILES string of the molecule is CC(=O)OC[C@H]1O[C@@H](Oc2cccc3oc(CCc4ccc(CCC(=O)NC(C)(C)C(=O)N5CCN(CCO)CC5)cc4)cc23)[C@H](OC(C)=O)[C@@H](OC(C)=O)[C@@H]1OC(C)=O. The van der Waals surface area contributed by atoms with Gasteiger partial charge in [-0.05, 0) is 56.0 Å². The molecule has 5 atom stereocenters. The molecule has 0 spiro atoms. The third kappa shape index (κ3) is 12.5. The number of aryl methyl sites for hydroxylation is 3. The van der Waals surface area contributed by atoms with Crippen LogP contribution in [0.5, 0.6) is 5.75 Å². The van der Waals surface area contributed by atoms with Crippen LogP contribution in [0.15, 0.2) is 52.9 Å². The largest absolute Gasteiger partial charge is 0.463 e. The number of ether oxygens (including phenoxy) is 6. The maximum absolute atomic E-state index is 13.2. The molecule has 1 aromatic heterocycles. The van der Waals surface area contributed by atoms with Gasteiger partial charge in [-0.25, -0.2) is 0 Å². The Balaban J connectivity index is 1.20. The number of nitrogens with one attached hydrogen (secondary N) is 1. The predicted octanol–water partition coefficient (Wildman–Crippen LogP) is 2.64. The molecule has 2 aliphatic heterocycles. The summed E-state index contributed by atoms with van der Waals surface area (Å²) >= 11 is 0. The first-order valence-corrected chi connectivity index (χ1v) is 20.0. The second kappa shape index (κ2) is 20.6. The fourth-order valence-corrected chi connectivity index (χ4v) is 7.30. The average molecular weight is 838 g/mol.